The van der Waals surface area contributed by atoms with Crippen LogP contribution in [0, 0.1) is 6.20 Å². The van der Waals surface area contributed by atoms with Crippen molar-refractivity contribution in [1.82, 2.24) is 9.78 Å². The monoisotopic (exact) mass is 216 g/mol. The third kappa shape index (κ3) is 2.03. The van der Waals surface area contributed by atoms with Gasteiger partial charge in [0.05, 0.1) is 12.8 Å². The van der Waals surface area contributed by atoms with Crippen molar-refractivity contribution < 1.29 is 9.53 Å². The number of rotatable bonds is 2. The predicted molar refractivity (Wildman–Crippen MR) is 58.5 cm³/mol. The molecule has 16 heavy (non-hydrogen) atoms. The van der Waals surface area contributed by atoms with Crippen LogP contribution in [0.3, 0.4) is 0 Å². The van der Waals surface area contributed by atoms with E-state index < -0.39 is 0 Å². The molecule has 0 bridgehead atoms. The summed E-state index contributed by atoms with van der Waals surface area (Å²) in [5.41, 5.74) is 0.602. The van der Waals surface area contributed by atoms with Gasteiger partial charge in [0.2, 0.25) is 0 Å². The SMILES string of the molecule is COc1ccccc1NC(=O)n1cc[c]n1. The lowest BCUT2D eigenvalue weighted by molar-refractivity contribution is 0.250. The van der Waals surface area contributed by atoms with Gasteiger partial charge in [-0.3, -0.25) is 0 Å². The maximum absolute atomic E-state index is 11.7. The zero-order valence-electron chi connectivity index (χ0n) is 8.68. The molecule has 2 rings (SSSR count). The number of hydrogen-bond acceptors (Lipinski definition) is 3. The van der Waals surface area contributed by atoms with E-state index in [0.717, 1.165) is 4.68 Å². The fraction of sp³-hybridized carbons (Fsp3) is 0.0909. The molecule has 0 aliphatic carbocycles. The second-order valence-corrected chi connectivity index (χ2v) is 3.02. The highest BCUT2D eigenvalue weighted by Gasteiger charge is 2.07. The van der Waals surface area contributed by atoms with E-state index in [4.69, 9.17) is 4.74 Å². The van der Waals surface area contributed by atoms with Crippen LogP contribution in [-0.4, -0.2) is 22.9 Å². The summed E-state index contributed by atoms with van der Waals surface area (Å²) in [7, 11) is 1.55. The van der Waals surface area contributed by atoms with Gasteiger partial charge >= 0.3 is 6.03 Å². The average Bonchev–Trinajstić information content (AvgIpc) is 2.83. The lowest BCUT2D eigenvalue weighted by Gasteiger charge is -2.09. The minimum Gasteiger partial charge on any atom is -0.495 e. The summed E-state index contributed by atoms with van der Waals surface area (Å²) in [6, 6.07) is 8.37. The molecule has 1 radical (unpaired) electrons. The number of anilines is 1. The molecule has 0 saturated carbocycles. The van der Waals surface area contributed by atoms with Crippen LogP contribution in [0.15, 0.2) is 36.5 Å². The van der Waals surface area contributed by atoms with Gasteiger partial charge in [0, 0.05) is 6.20 Å². The molecule has 1 amide bonds. The Hall–Kier alpha value is -2.30. The molecule has 81 valence electrons. The minimum atomic E-state index is -0.356. The van der Waals surface area contributed by atoms with Crippen LogP contribution in [0.25, 0.3) is 0 Å². The van der Waals surface area contributed by atoms with Gasteiger partial charge in [-0.25, -0.2) is 4.79 Å². The van der Waals surface area contributed by atoms with Gasteiger partial charge in [-0.1, -0.05) is 12.1 Å². The van der Waals surface area contributed by atoms with E-state index in [2.05, 4.69) is 16.6 Å². The molecule has 1 aromatic heterocycles. The molecule has 2 aromatic rings. The molecule has 0 fully saturated rings. The Labute approximate surface area is 92.7 Å². The highest BCUT2D eigenvalue weighted by atomic mass is 16.5. The summed E-state index contributed by atoms with van der Waals surface area (Å²) < 4.78 is 6.27. The molecular formula is C11H10N3O2. The minimum absolute atomic E-state index is 0.356. The number of nitrogens with zero attached hydrogens (tertiary/aromatic N) is 2. The molecule has 0 spiro atoms. The topological polar surface area (TPSA) is 56.1 Å². The number of methoxy groups -OCH3 is 1. The second-order valence-electron chi connectivity index (χ2n) is 3.02. The molecule has 5 nitrogen and oxygen atoms in total. The average molecular weight is 216 g/mol. The Kier molecular flexibility index (Phi) is 2.86. The highest BCUT2D eigenvalue weighted by molar-refractivity contribution is 5.91. The van der Waals surface area contributed by atoms with E-state index in [-0.39, 0.29) is 6.03 Å². The molecule has 1 aromatic carbocycles. The van der Waals surface area contributed by atoms with Gasteiger partial charge in [0.1, 0.15) is 11.9 Å². The number of carbonyl (C=O) groups is 1. The normalized spacial score (nSPS) is 9.81. The summed E-state index contributed by atoms with van der Waals surface area (Å²) in [6.07, 6.45) is 4.06. The molecule has 1 heterocycles. The Morgan fingerprint density at radius 3 is 3.00 bits per heavy atom. The fourth-order valence-electron chi connectivity index (χ4n) is 1.27. The van der Waals surface area contributed by atoms with Gasteiger partial charge in [0.15, 0.2) is 0 Å². The standard InChI is InChI=1S/C11H10N3O2/c1-16-10-6-3-2-5-9(10)13-11(15)14-8-4-7-12-14/h2-6,8H,1H3,(H,13,15). The number of para-hydroxylation sites is 2. The Morgan fingerprint density at radius 2 is 2.31 bits per heavy atom. The van der Waals surface area contributed by atoms with Crippen molar-refractivity contribution in [3.8, 4) is 5.75 Å². The molecular weight excluding hydrogens is 206 g/mol. The van der Waals surface area contributed by atoms with E-state index in [9.17, 15) is 4.79 Å². The van der Waals surface area contributed by atoms with Crippen LogP contribution in [0.5, 0.6) is 5.75 Å². The largest absolute Gasteiger partial charge is 0.495 e. The third-order valence-electron chi connectivity index (χ3n) is 2.01. The van der Waals surface area contributed by atoms with E-state index in [0.29, 0.717) is 11.4 Å². The first-order valence-corrected chi connectivity index (χ1v) is 4.67. The first kappa shape index (κ1) is 10.2. The van der Waals surface area contributed by atoms with E-state index in [1.165, 1.54) is 6.20 Å². The van der Waals surface area contributed by atoms with Gasteiger partial charge in [-0.15, -0.1) is 0 Å². The van der Waals surface area contributed by atoms with Crippen LogP contribution in [0.1, 0.15) is 0 Å². The number of hydrogen-bond donors (Lipinski definition) is 1. The maximum Gasteiger partial charge on any atom is 0.346 e. The second kappa shape index (κ2) is 4.48. The first-order valence-electron chi connectivity index (χ1n) is 4.67. The zero-order chi connectivity index (χ0) is 11.4. The molecule has 1 N–H and O–H groups in total. The molecule has 0 atom stereocenters. The molecule has 0 saturated heterocycles. The number of ether oxygens (including phenoxy) is 1. The molecule has 0 unspecified atom stereocenters. The summed E-state index contributed by atoms with van der Waals surface area (Å²) >= 11 is 0. The lowest BCUT2D eigenvalue weighted by atomic mass is 10.3. The van der Waals surface area contributed by atoms with Crippen molar-refractivity contribution in [3.63, 3.8) is 0 Å². The smallest absolute Gasteiger partial charge is 0.346 e. The van der Waals surface area contributed by atoms with Crippen molar-refractivity contribution in [2.45, 2.75) is 0 Å². The Bertz CT molecular complexity index is 480. The quantitative estimate of drug-likeness (QED) is 0.832. The van der Waals surface area contributed by atoms with Crippen LogP contribution in [0.2, 0.25) is 0 Å². The Balaban J connectivity index is 2.18. The maximum atomic E-state index is 11.7. The highest BCUT2D eigenvalue weighted by Crippen LogP contribution is 2.22. The fourth-order valence-corrected chi connectivity index (χ4v) is 1.27. The third-order valence-corrected chi connectivity index (χ3v) is 2.01. The van der Waals surface area contributed by atoms with Crippen molar-refractivity contribution in [2.24, 2.45) is 0 Å². The number of carbonyl (C=O) groups excluding carboxylic acids is 1. The van der Waals surface area contributed by atoms with Gasteiger partial charge in [-0.05, 0) is 18.2 Å². The first-order chi connectivity index (χ1) is 7.81. The van der Waals surface area contributed by atoms with E-state index in [1.807, 2.05) is 12.1 Å². The number of nitrogens with one attached hydrogen (secondary N) is 1. The number of amides is 1. The molecule has 0 aliphatic heterocycles. The van der Waals surface area contributed by atoms with Crippen LogP contribution in [-0.2, 0) is 0 Å². The van der Waals surface area contributed by atoms with Crippen LogP contribution < -0.4 is 10.1 Å². The Morgan fingerprint density at radius 1 is 1.50 bits per heavy atom. The summed E-state index contributed by atoms with van der Waals surface area (Å²) in [5.74, 6) is 0.604. The van der Waals surface area contributed by atoms with Gasteiger partial charge in [-0.2, -0.15) is 9.78 Å². The van der Waals surface area contributed by atoms with Crippen molar-refractivity contribution in [2.75, 3.05) is 12.4 Å². The van der Waals surface area contributed by atoms with E-state index >= 15 is 0 Å². The lowest BCUT2D eigenvalue weighted by Crippen LogP contribution is -2.20. The summed E-state index contributed by atoms with van der Waals surface area (Å²) in [5, 5.41) is 6.39. The van der Waals surface area contributed by atoms with Gasteiger partial charge < -0.3 is 10.1 Å². The number of benzene rings is 1. The van der Waals surface area contributed by atoms with Crippen LogP contribution >= 0.6 is 0 Å². The van der Waals surface area contributed by atoms with E-state index in [1.54, 1.807) is 25.3 Å². The van der Waals surface area contributed by atoms with Crippen molar-refractivity contribution >= 4 is 11.7 Å². The van der Waals surface area contributed by atoms with Crippen molar-refractivity contribution in [3.05, 3.63) is 42.7 Å². The van der Waals surface area contributed by atoms with Crippen molar-refractivity contribution in [1.29, 1.82) is 0 Å². The molecule has 5 heteroatoms. The predicted octanol–water partition coefficient (Wildman–Crippen LogP) is 1.77. The molecule has 0 aliphatic rings. The number of aromatic nitrogens is 2. The van der Waals surface area contributed by atoms with Gasteiger partial charge in [0.25, 0.3) is 0 Å². The summed E-state index contributed by atoms with van der Waals surface area (Å²) in [6.45, 7) is 0. The zero-order valence-corrected chi connectivity index (χ0v) is 8.68. The summed E-state index contributed by atoms with van der Waals surface area (Å²) in [4.78, 5) is 11.7. The van der Waals surface area contributed by atoms with Crippen LogP contribution in [0.4, 0.5) is 10.5 Å².